The van der Waals surface area contributed by atoms with Crippen molar-refractivity contribution in [1.82, 2.24) is 0 Å². The summed E-state index contributed by atoms with van der Waals surface area (Å²) in [6, 6.07) is 30.6. The number of aryl methyl sites for hydroxylation is 9. The largest absolute Gasteiger partial charge is 0.507 e. The number of aliphatic imine (C=N–C) groups is 2. The first-order chi connectivity index (χ1) is 24.3. The van der Waals surface area contributed by atoms with Gasteiger partial charge in [0.1, 0.15) is 11.5 Å². The van der Waals surface area contributed by atoms with Crippen molar-refractivity contribution < 1.29 is 10.2 Å². The van der Waals surface area contributed by atoms with Crippen molar-refractivity contribution in [2.45, 2.75) is 62.3 Å². The Labute approximate surface area is 302 Å². The molecule has 0 fully saturated rings. The average molecular weight is 671 g/mol. The first kappa shape index (κ1) is 35.1. The van der Waals surface area contributed by atoms with Crippen LogP contribution in [0.15, 0.2) is 101 Å². The van der Waals surface area contributed by atoms with E-state index in [-0.39, 0.29) is 11.5 Å². The van der Waals surface area contributed by atoms with Crippen LogP contribution in [-0.4, -0.2) is 22.6 Å². The highest BCUT2D eigenvalue weighted by atomic mass is 16.3. The van der Waals surface area contributed by atoms with Gasteiger partial charge in [0.15, 0.2) is 0 Å². The van der Waals surface area contributed by atoms with Crippen molar-refractivity contribution in [3.8, 4) is 44.9 Å². The predicted octanol–water partition coefficient (Wildman–Crippen LogP) is 12.4. The third-order valence-corrected chi connectivity index (χ3v) is 9.62. The van der Waals surface area contributed by atoms with Crippen molar-refractivity contribution in [1.29, 1.82) is 0 Å². The Morgan fingerprint density at radius 1 is 0.373 bits per heavy atom. The molecule has 51 heavy (non-hydrogen) atoms. The molecule has 0 atom stereocenters. The van der Waals surface area contributed by atoms with Gasteiger partial charge in [-0.15, -0.1) is 0 Å². The molecule has 4 heteroatoms. The molecule has 0 aliphatic rings. The van der Waals surface area contributed by atoms with Gasteiger partial charge in [-0.05, 0) is 165 Å². The fourth-order valence-corrected chi connectivity index (χ4v) is 7.69. The van der Waals surface area contributed by atoms with Crippen molar-refractivity contribution in [3.05, 3.63) is 152 Å². The van der Waals surface area contributed by atoms with Crippen LogP contribution in [0.4, 0.5) is 11.4 Å². The van der Waals surface area contributed by atoms with E-state index in [9.17, 15) is 10.2 Å². The van der Waals surface area contributed by atoms with Crippen LogP contribution in [0, 0.1) is 62.3 Å². The minimum Gasteiger partial charge on any atom is -0.507 e. The number of benzene rings is 6. The van der Waals surface area contributed by atoms with Crippen LogP contribution in [0.1, 0.15) is 61.2 Å². The molecule has 0 heterocycles. The van der Waals surface area contributed by atoms with Gasteiger partial charge in [0.2, 0.25) is 0 Å². The van der Waals surface area contributed by atoms with Crippen molar-refractivity contribution in [2.24, 2.45) is 9.98 Å². The van der Waals surface area contributed by atoms with Crippen LogP contribution in [0.5, 0.6) is 11.5 Å². The molecule has 6 aromatic rings. The van der Waals surface area contributed by atoms with Crippen molar-refractivity contribution >= 4 is 23.8 Å². The number of phenols is 2. The summed E-state index contributed by atoms with van der Waals surface area (Å²) in [7, 11) is 0. The lowest BCUT2D eigenvalue weighted by molar-refractivity contribution is 0.474. The standard InChI is InChI=1S/C47H46N2O2/c1-27-16-30(4)45(31(5)17-27)36-14-15-41(48-25-39-12-10-37(23-43(39)50)46-32(6)18-28(2)19-33(46)7)42(22-36)49-26-40-13-11-38(24-44(40)51)47-34(8)20-29(3)21-35(47)9/h10-26,50-51H,1-9H3/b48-25+,49-26+. The van der Waals surface area contributed by atoms with E-state index in [1.807, 2.05) is 48.5 Å². The molecule has 0 bridgehead atoms. The minimum atomic E-state index is 0.158. The molecule has 0 aromatic heterocycles. The van der Waals surface area contributed by atoms with Crippen molar-refractivity contribution in [3.63, 3.8) is 0 Å². The predicted molar refractivity (Wildman–Crippen MR) is 216 cm³/mol. The summed E-state index contributed by atoms with van der Waals surface area (Å²) >= 11 is 0. The Morgan fingerprint density at radius 3 is 1.04 bits per heavy atom. The van der Waals surface area contributed by atoms with Crippen LogP contribution in [-0.2, 0) is 0 Å². The Hall–Kier alpha value is -5.74. The Kier molecular flexibility index (Phi) is 9.80. The lowest BCUT2D eigenvalue weighted by Crippen LogP contribution is -1.92. The van der Waals surface area contributed by atoms with Crippen LogP contribution in [0.2, 0.25) is 0 Å². The first-order valence-electron chi connectivity index (χ1n) is 17.4. The van der Waals surface area contributed by atoms with Crippen molar-refractivity contribution in [2.75, 3.05) is 0 Å². The first-order valence-corrected chi connectivity index (χ1v) is 17.4. The summed E-state index contributed by atoms with van der Waals surface area (Å²) < 4.78 is 0. The normalized spacial score (nSPS) is 11.6. The second kappa shape index (κ2) is 14.2. The third kappa shape index (κ3) is 7.41. The maximum absolute atomic E-state index is 11.2. The van der Waals surface area contributed by atoms with E-state index < -0.39 is 0 Å². The van der Waals surface area contributed by atoms with Gasteiger partial charge < -0.3 is 10.2 Å². The zero-order chi connectivity index (χ0) is 36.6. The number of aromatic hydroxyl groups is 2. The van der Waals surface area contributed by atoms with E-state index in [0.29, 0.717) is 22.5 Å². The second-order valence-corrected chi connectivity index (χ2v) is 14.1. The molecule has 0 aliphatic carbocycles. The topological polar surface area (TPSA) is 65.2 Å². The van der Waals surface area contributed by atoms with Gasteiger partial charge in [0, 0.05) is 23.6 Å². The van der Waals surface area contributed by atoms with Gasteiger partial charge in [0.05, 0.1) is 11.4 Å². The van der Waals surface area contributed by atoms with E-state index in [0.717, 1.165) is 27.8 Å². The van der Waals surface area contributed by atoms with Crippen LogP contribution in [0.25, 0.3) is 33.4 Å². The fourth-order valence-electron chi connectivity index (χ4n) is 7.69. The fraction of sp³-hybridized carbons (Fsp3) is 0.191. The summed E-state index contributed by atoms with van der Waals surface area (Å²) in [6.45, 7) is 19.0. The minimum absolute atomic E-state index is 0.158. The summed E-state index contributed by atoms with van der Waals surface area (Å²) in [5.41, 5.74) is 19.7. The van der Waals surface area contributed by atoms with Gasteiger partial charge in [-0.25, -0.2) is 0 Å². The van der Waals surface area contributed by atoms with Crippen LogP contribution >= 0.6 is 0 Å². The third-order valence-electron chi connectivity index (χ3n) is 9.62. The average Bonchev–Trinajstić information content (AvgIpc) is 3.03. The zero-order valence-electron chi connectivity index (χ0n) is 31.1. The molecule has 0 spiro atoms. The molecule has 0 radical (unpaired) electrons. The quantitative estimate of drug-likeness (QED) is 0.166. The molecular formula is C47H46N2O2. The number of hydrogen-bond donors (Lipinski definition) is 2. The summed E-state index contributed by atoms with van der Waals surface area (Å²) in [5.74, 6) is 0.318. The van der Waals surface area contributed by atoms with E-state index in [1.165, 1.54) is 55.6 Å². The molecule has 0 aliphatic heterocycles. The Bertz CT molecular complexity index is 2310. The van der Waals surface area contributed by atoms with E-state index in [4.69, 9.17) is 9.98 Å². The number of phenolic OH excluding ortho intramolecular Hbond substituents is 2. The van der Waals surface area contributed by atoms with Gasteiger partial charge in [0.25, 0.3) is 0 Å². The number of rotatable bonds is 7. The van der Waals surface area contributed by atoms with E-state index >= 15 is 0 Å². The molecule has 0 saturated heterocycles. The van der Waals surface area contributed by atoms with Gasteiger partial charge >= 0.3 is 0 Å². The van der Waals surface area contributed by atoms with E-state index in [2.05, 4.69) is 105 Å². The molecule has 6 aromatic carbocycles. The maximum atomic E-state index is 11.2. The number of nitrogens with zero attached hydrogens (tertiary/aromatic N) is 2. The monoisotopic (exact) mass is 670 g/mol. The van der Waals surface area contributed by atoms with Crippen LogP contribution in [0.3, 0.4) is 0 Å². The Balaban J connectivity index is 1.38. The molecule has 256 valence electrons. The zero-order valence-corrected chi connectivity index (χ0v) is 31.1. The molecule has 0 unspecified atom stereocenters. The highest BCUT2D eigenvalue weighted by Gasteiger charge is 2.13. The highest BCUT2D eigenvalue weighted by Crippen LogP contribution is 2.38. The lowest BCUT2D eigenvalue weighted by atomic mass is 9.93. The van der Waals surface area contributed by atoms with E-state index in [1.54, 1.807) is 12.4 Å². The lowest BCUT2D eigenvalue weighted by Gasteiger charge is -2.14. The SMILES string of the molecule is Cc1cc(C)c(-c2ccc(/C=N/c3ccc(-c4c(C)cc(C)cc4C)cc3/N=C/c3ccc(-c4c(C)cc(C)cc4C)cc3O)c(O)c2)c(C)c1. The van der Waals surface area contributed by atoms with Gasteiger partial charge in [-0.2, -0.15) is 0 Å². The number of hydrogen-bond acceptors (Lipinski definition) is 4. The molecule has 0 saturated carbocycles. The summed E-state index contributed by atoms with van der Waals surface area (Å²) in [5, 5.41) is 22.3. The smallest absolute Gasteiger partial charge is 0.124 e. The highest BCUT2D eigenvalue weighted by molar-refractivity contribution is 5.92. The Morgan fingerprint density at radius 2 is 0.686 bits per heavy atom. The molecule has 4 nitrogen and oxygen atoms in total. The molecule has 6 rings (SSSR count). The van der Waals surface area contributed by atoms with Gasteiger partial charge in [-0.1, -0.05) is 71.3 Å². The maximum Gasteiger partial charge on any atom is 0.124 e. The van der Waals surface area contributed by atoms with Gasteiger partial charge in [-0.3, -0.25) is 9.98 Å². The van der Waals surface area contributed by atoms with Crippen LogP contribution < -0.4 is 0 Å². The molecule has 0 amide bonds. The second-order valence-electron chi connectivity index (χ2n) is 14.1. The summed E-state index contributed by atoms with van der Waals surface area (Å²) in [6.07, 6.45) is 3.38. The molecule has 2 N–H and O–H groups in total. The summed E-state index contributed by atoms with van der Waals surface area (Å²) in [4.78, 5) is 9.74. The molecular weight excluding hydrogens is 625 g/mol.